The van der Waals surface area contributed by atoms with Gasteiger partial charge in [0.25, 0.3) is 0 Å². The molecule has 0 fully saturated rings. The second kappa shape index (κ2) is 37.4. The van der Waals surface area contributed by atoms with E-state index in [-0.39, 0.29) is 0 Å². The second-order valence-corrected chi connectivity index (χ2v) is 39.0. The minimum atomic E-state index is 1.15. The molecule has 0 bridgehead atoms. The average molecular weight is 1910 g/mol. The summed E-state index contributed by atoms with van der Waals surface area (Å²) >= 11 is 0. The van der Waals surface area contributed by atoms with Crippen molar-refractivity contribution >= 4 is 131 Å². The number of hydrogen-bond acceptors (Lipinski definition) is 0. The molecule has 0 saturated carbocycles. The van der Waals surface area contributed by atoms with E-state index in [1.54, 1.807) is 0 Å². The Morgan fingerprint density at radius 1 is 0.0733 bits per heavy atom. The molecule has 6 heteroatoms. The van der Waals surface area contributed by atoms with Gasteiger partial charge >= 0.3 is 0 Å². The lowest BCUT2D eigenvalue weighted by molar-refractivity contribution is 1.18. The van der Waals surface area contributed by atoms with Crippen LogP contribution in [0.25, 0.3) is 265 Å². The van der Waals surface area contributed by atoms with E-state index in [0.717, 1.165) is 22.7 Å². The molecule has 0 radical (unpaired) electrons. The predicted molar refractivity (Wildman–Crippen MR) is 634 cm³/mol. The monoisotopic (exact) mass is 1910 g/mol. The van der Waals surface area contributed by atoms with Gasteiger partial charge in [0.05, 0.1) is 66.2 Å². The molecule has 0 amide bonds. The number of benzene rings is 24. The third-order valence-corrected chi connectivity index (χ3v) is 30.3. The maximum Gasteiger partial charge on any atom is 0.0541 e. The van der Waals surface area contributed by atoms with Gasteiger partial charge in [0, 0.05) is 98.8 Å². The molecule has 0 atom stereocenters. The first-order valence-corrected chi connectivity index (χ1v) is 51.6. The van der Waals surface area contributed by atoms with Crippen molar-refractivity contribution in [2.45, 2.75) is 0 Å². The van der Waals surface area contributed by atoms with Gasteiger partial charge in [0.15, 0.2) is 0 Å². The van der Waals surface area contributed by atoms with E-state index in [0.29, 0.717) is 0 Å². The van der Waals surface area contributed by atoms with Gasteiger partial charge in [-0.25, -0.2) is 0 Å². The van der Waals surface area contributed by atoms with Crippen LogP contribution in [-0.2, 0) is 0 Å². The van der Waals surface area contributed by atoms with E-state index in [4.69, 9.17) is 0 Å². The van der Waals surface area contributed by atoms with Gasteiger partial charge in [-0.2, -0.15) is 0 Å². The Kier molecular flexibility index (Phi) is 21.9. The Hall–Kier alpha value is -19.9. The highest BCUT2D eigenvalue weighted by Crippen LogP contribution is 2.47. The molecule has 150 heavy (non-hydrogen) atoms. The van der Waals surface area contributed by atoms with Crippen molar-refractivity contribution in [2.24, 2.45) is 0 Å². The van der Waals surface area contributed by atoms with Crippen LogP contribution < -0.4 is 0 Å². The number of nitrogens with zero attached hydrogens (tertiary/aromatic N) is 6. The Morgan fingerprint density at radius 2 is 0.207 bits per heavy atom. The first-order chi connectivity index (χ1) is 74.4. The summed E-state index contributed by atoms with van der Waals surface area (Å²) in [5.74, 6) is 0. The smallest absolute Gasteiger partial charge is 0.0541 e. The van der Waals surface area contributed by atoms with Crippen LogP contribution in [0.3, 0.4) is 0 Å². The van der Waals surface area contributed by atoms with Gasteiger partial charge in [-0.3, -0.25) is 0 Å². The molecule has 0 spiro atoms. The summed E-state index contributed by atoms with van der Waals surface area (Å²) in [6.07, 6.45) is 0. The second-order valence-electron chi connectivity index (χ2n) is 39.0. The lowest BCUT2D eigenvalue weighted by Gasteiger charge is -2.11. The van der Waals surface area contributed by atoms with E-state index < -0.39 is 0 Å². The molecule has 30 aromatic rings. The zero-order valence-corrected chi connectivity index (χ0v) is 82.1. The van der Waals surface area contributed by atoms with Gasteiger partial charge < -0.3 is 27.4 Å². The highest BCUT2D eigenvalue weighted by molar-refractivity contribution is 6.18. The fourth-order valence-electron chi connectivity index (χ4n) is 23.2. The fourth-order valence-corrected chi connectivity index (χ4v) is 23.2. The van der Waals surface area contributed by atoms with Crippen LogP contribution in [0, 0.1) is 0 Å². The van der Waals surface area contributed by atoms with Gasteiger partial charge in [-0.05, 0) is 306 Å². The van der Waals surface area contributed by atoms with E-state index in [2.05, 4.69) is 610 Å². The van der Waals surface area contributed by atoms with Crippen LogP contribution in [0.1, 0.15) is 0 Å². The molecule has 0 unspecified atom stereocenters. The van der Waals surface area contributed by atoms with Crippen molar-refractivity contribution in [2.75, 3.05) is 0 Å². The standard InChI is InChI=1S/3C48H32N2/c1-5-13-33(14-6-1)35-21-25-45-41(29-35)43-31-37(23-27-47(43)49(45)39-17-9-3-10-18-39)38-24-28-48-44(32-38)42-30-36(34-15-7-2-8-16-34)22-26-46(42)50(48)40-19-11-4-12-20-40;1-4-13-33(14-5-1)35-17-12-20-40(29-35)50-47-26-23-36(34-15-6-2-7-16-34)30-43(47)44-32-38(25-28-48(44)50)37-24-27-46-42(31-37)41-21-10-11-22-45(41)49(46)39-18-8-3-9-19-39;1-4-12-33(13-5-1)35-20-25-40(26-21-35)50-47-27-22-36(34-14-6-2-7-15-34)30-43(47)44-32-38(24-29-48(44)50)37-23-28-46-42(31-37)41-18-10-11-19-45(41)49(46)39-16-8-3-9-17-39/h3*1-32H. The van der Waals surface area contributed by atoms with Gasteiger partial charge in [-0.15, -0.1) is 0 Å². The highest BCUT2D eigenvalue weighted by atomic mass is 15.0. The molecule has 6 aromatic heterocycles. The molecular formula is C144H96N6. The SMILES string of the molecule is c1ccc(-c2ccc(-n3c4ccc(-c5ccccc5)cc4c4cc(-c5ccc6c(c5)c5ccccc5n6-c5ccccc5)ccc43)cc2)cc1.c1ccc(-c2ccc3c(c2)c2cc(-c4ccc5c(c4)c4cc(-c6ccccc6)ccc4n5-c4ccccc4)ccc2n3-c2ccccc2)cc1.c1ccc(-c2cccc(-n3c4ccc(-c5ccccc5)cc4c4cc(-c5ccc6c(c5)c5ccccc5n6-c5ccccc5)ccc43)c2)cc1. The topological polar surface area (TPSA) is 29.6 Å². The summed E-state index contributed by atoms with van der Waals surface area (Å²) in [5, 5.41) is 15.0. The van der Waals surface area contributed by atoms with Crippen molar-refractivity contribution in [1.29, 1.82) is 0 Å². The number of para-hydroxylation sites is 6. The number of fused-ring (bicyclic) bond motifs is 18. The van der Waals surface area contributed by atoms with Crippen LogP contribution in [-0.4, -0.2) is 27.4 Å². The molecule has 0 aliphatic rings. The van der Waals surface area contributed by atoms with E-state index in [1.807, 2.05) is 0 Å². The largest absolute Gasteiger partial charge is 0.309 e. The summed E-state index contributed by atoms with van der Waals surface area (Å²) in [5.41, 5.74) is 43.3. The number of rotatable bonds is 15. The Bertz CT molecular complexity index is 10200. The maximum absolute atomic E-state index is 2.42. The number of hydrogen-bond donors (Lipinski definition) is 0. The van der Waals surface area contributed by atoms with E-state index >= 15 is 0 Å². The quantitative estimate of drug-likeness (QED) is 0.0979. The summed E-state index contributed by atoms with van der Waals surface area (Å²) in [7, 11) is 0. The van der Waals surface area contributed by atoms with Crippen molar-refractivity contribution in [3.63, 3.8) is 0 Å². The van der Waals surface area contributed by atoms with Gasteiger partial charge in [0.1, 0.15) is 0 Å². The minimum Gasteiger partial charge on any atom is -0.309 e. The molecular weight excluding hydrogens is 1810 g/mol. The third-order valence-electron chi connectivity index (χ3n) is 30.3. The molecule has 24 aromatic carbocycles. The third kappa shape index (κ3) is 15.6. The van der Waals surface area contributed by atoms with E-state index in [9.17, 15) is 0 Å². The Labute approximate surface area is 868 Å². The summed E-state index contributed by atoms with van der Waals surface area (Å²) in [6, 6.07) is 211. The fraction of sp³-hybridized carbons (Fsp3) is 0. The van der Waals surface area contributed by atoms with E-state index in [1.165, 1.54) is 242 Å². The van der Waals surface area contributed by atoms with Crippen molar-refractivity contribution < 1.29 is 0 Å². The molecule has 0 aliphatic carbocycles. The maximum atomic E-state index is 2.42. The van der Waals surface area contributed by atoms with Crippen molar-refractivity contribution in [3.8, 4) is 134 Å². The van der Waals surface area contributed by atoms with Crippen LogP contribution >= 0.6 is 0 Å². The van der Waals surface area contributed by atoms with Gasteiger partial charge in [-0.1, -0.05) is 376 Å². The highest BCUT2D eigenvalue weighted by Gasteiger charge is 2.25. The Balaban J connectivity index is 0.000000108. The predicted octanol–water partition coefficient (Wildman–Crippen LogP) is 38.6. The number of aromatic nitrogens is 6. The molecule has 30 rings (SSSR count). The lowest BCUT2D eigenvalue weighted by Crippen LogP contribution is -1.94. The molecule has 702 valence electrons. The minimum absolute atomic E-state index is 1.15. The van der Waals surface area contributed by atoms with Crippen LogP contribution in [0.5, 0.6) is 0 Å². The molecule has 6 nitrogen and oxygen atoms in total. The van der Waals surface area contributed by atoms with Crippen molar-refractivity contribution in [1.82, 2.24) is 27.4 Å². The first-order valence-electron chi connectivity index (χ1n) is 51.6. The first kappa shape index (κ1) is 87.8. The lowest BCUT2D eigenvalue weighted by atomic mass is 9.98. The molecule has 0 aliphatic heterocycles. The summed E-state index contributed by atoms with van der Waals surface area (Å²) in [4.78, 5) is 0. The van der Waals surface area contributed by atoms with Gasteiger partial charge in [0.2, 0.25) is 0 Å². The van der Waals surface area contributed by atoms with Crippen molar-refractivity contribution in [3.05, 3.63) is 582 Å². The summed E-state index contributed by atoms with van der Waals surface area (Å²) in [6.45, 7) is 0. The normalized spacial score (nSPS) is 11.6. The molecule has 0 saturated heterocycles. The molecule has 0 N–H and O–H groups in total. The molecule has 6 heterocycles. The van der Waals surface area contributed by atoms with Crippen LogP contribution in [0.2, 0.25) is 0 Å². The average Bonchev–Trinajstić information content (AvgIpc) is 1.58. The zero-order chi connectivity index (χ0) is 99.1. The summed E-state index contributed by atoms with van der Waals surface area (Å²) < 4.78 is 14.4. The Morgan fingerprint density at radius 3 is 0.433 bits per heavy atom. The van der Waals surface area contributed by atoms with Crippen LogP contribution in [0.4, 0.5) is 0 Å². The van der Waals surface area contributed by atoms with Crippen LogP contribution in [0.15, 0.2) is 582 Å². The zero-order valence-electron chi connectivity index (χ0n) is 82.1.